The minimum Gasteiger partial charge on any atom is -0.497 e. The number of carbonyl (C=O) groups is 2. The van der Waals surface area contributed by atoms with E-state index in [4.69, 9.17) is 4.74 Å². The van der Waals surface area contributed by atoms with Crippen molar-refractivity contribution in [2.24, 2.45) is 0 Å². The zero-order chi connectivity index (χ0) is 22.3. The third-order valence-corrected chi connectivity index (χ3v) is 6.26. The molecule has 2 aromatic rings. The third kappa shape index (κ3) is 5.37. The number of nitrogens with zero attached hydrogens (tertiary/aromatic N) is 2. The van der Waals surface area contributed by atoms with E-state index in [1.54, 1.807) is 13.2 Å². The highest BCUT2D eigenvalue weighted by Crippen LogP contribution is 2.26. The number of benzene rings is 2. The second-order valence-electron chi connectivity index (χ2n) is 8.35. The van der Waals surface area contributed by atoms with Crippen LogP contribution in [0.5, 0.6) is 5.75 Å². The van der Waals surface area contributed by atoms with Crippen LogP contribution in [0.4, 0.5) is 5.69 Å². The van der Waals surface area contributed by atoms with E-state index >= 15 is 0 Å². The Labute approximate surface area is 189 Å². The molecular weight excluding hydrogens is 402 g/mol. The molecule has 2 aromatic carbocycles. The fourth-order valence-electron chi connectivity index (χ4n) is 4.45. The van der Waals surface area contributed by atoms with Crippen molar-refractivity contribution in [3.8, 4) is 5.75 Å². The van der Waals surface area contributed by atoms with Crippen LogP contribution in [0.15, 0.2) is 54.6 Å². The number of amides is 2. The van der Waals surface area contributed by atoms with E-state index in [9.17, 15) is 9.59 Å². The standard InChI is InChI=1S/C26H31N3O3/c1-32-23-13-9-21(10-14-23)24(28-16-2-3-17-28)19-27-25(30)15-8-20-6-11-22(12-7-20)29-18-4-5-26(29)31/h6-15,24H,2-5,16-19H2,1H3,(H,27,30)/b15-8+. The topological polar surface area (TPSA) is 61.9 Å². The van der Waals surface area contributed by atoms with E-state index in [0.29, 0.717) is 13.0 Å². The van der Waals surface area contributed by atoms with Crippen LogP contribution in [0.3, 0.4) is 0 Å². The summed E-state index contributed by atoms with van der Waals surface area (Å²) in [7, 11) is 1.67. The van der Waals surface area contributed by atoms with Gasteiger partial charge in [0.15, 0.2) is 0 Å². The summed E-state index contributed by atoms with van der Waals surface area (Å²) in [5, 5.41) is 3.07. The molecular formula is C26H31N3O3. The van der Waals surface area contributed by atoms with E-state index in [1.807, 2.05) is 47.4 Å². The van der Waals surface area contributed by atoms with Gasteiger partial charge in [0.05, 0.1) is 13.2 Å². The van der Waals surface area contributed by atoms with Crippen LogP contribution in [0.25, 0.3) is 6.08 Å². The van der Waals surface area contributed by atoms with Crippen LogP contribution in [0.2, 0.25) is 0 Å². The summed E-state index contributed by atoms with van der Waals surface area (Å²) in [6.07, 6.45) is 7.31. The van der Waals surface area contributed by atoms with Gasteiger partial charge in [-0.3, -0.25) is 14.5 Å². The Hall–Kier alpha value is -3.12. The fraction of sp³-hybridized carbons (Fsp3) is 0.385. The fourth-order valence-corrected chi connectivity index (χ4v) is 4.45. The van der Waals surface area contributed by atoms with Gasteiger partial charge in [-0.15, -0.1) is 0 Å². The molecule has 6 heteroatoms. The molecule has 1 atom stereocenters. The van der Waals surface area contributed by atoms with Crippen LogP contribution in [0, 0.1) is 0 Å². The molecule has 0 radical (unpaired) electrons. The molecule has 2 heterocycles. The molecule has 1 unspecified atom stereocenters. The Morgan fingerprint density at radius 1 is 1.03 bits per heavy atom. The van der Waals surface area contributed by atoms with Gasteiger partial charge in [0, 0.05) is 31.3 Å². The molecule has 4 rings (SSSR count). The predicted molar refractivity (Wildman–Crippen MR) is 127 cm³/mol. The molecule has 2 aliphatic rings. The van der Waals surface area contributed by atoms with Gasteiger partial charge in [-0.25, -0.2) is 0 Å². The molecule has 2 aliphatic heterocycles. The molecule has 0 bridgehead atoms. The van der Waals surface area contributed by atoms with Gasteiger partial charge >= 0.3 is 0 Å². The van der Waals surface area contributed by atoms with Gasteiger partial charge < -0.3 is 15.0 Å². The summed E-state index contributed by atoms with van der Waals surface area (Å²) in [6, 6.07) is 16.0. The lowest BCUT2D eigenvalue weighted by molar-refractivity contribution is -0.117. The van der Waals surface area contributed by atoms with Gasteiger partial charge in [-0.2, -0.15) is 0 Å². The molecule has 0 aliphatic carbocycles. The molecule has 1 N–H and O–H groups in total. The first-order chi connectivity index (χ1) is 15.6. The highest BCUT2D eigenvalue weighted by molar-refractivity contribution is 5.95. The minimum atomic E-state index is -0.110. The number of carbonyl (C=O) groups excluding carboxylic acids is 2. The van der Waals surface area contributed by atoms with Crippen LogP contribution >= 0.6 is 0 Å². The van der Waals surface area contributed by atoms with Crippen molar-refractivity contribution in [2.75, 3.05) is 38.2 Å². The normalized spacial score (nSPS) is 17.8. The maximum Gasteiger partial charge on any atom is 0.244 e. The number of nitrogens with one attached hydrogen (secondary N) is 1. The first-order valence-electron chi connectivity index (χ1n) is 11.4. The van der Waals surface area contributed by atoms with Crippen molar-refractivity contribution in [3.05, 3.63) is 65.7 Å². The molecule has 2 amide bonds. The Morgan fingerprint density at radius 2 is 1.75 bits per heavy atom. The van der Waals surface area contributed by atoms with Crippen molar-refractivity contribution < 1.29 is 14.3 Å². The van der Waals surface area contributed by atoms with E-state index in [-0.39, 0.29) is 17.9 Å². The summed E-state index contributed by atoms with van der Waals surface area (Å²) >= 11 is 0. The molecule has 6 nitrogen and oxygen atoms in total. The Balaban J connectivity index is 1.35. The zero-order valence-corrected chi connectivity index (χ0v) is 18.6. The summed E-state index contributed by atoms with van der Waals surface area (Å²) in [5.41, 5.74) is 3.04. The first-order valence-corrected chi connectivity index (χ1v) is 11.4. The zero-order valence-electron chi connectivity index (χ0n) is 18.6. The van der Waals surface area contributed by atoms with Crippen molar-refractivity contribution in [1.29, 1.82) is 0 Å². The maximum absolute atomic E-state index is 12.5. The quantitative estimate of drug-likeness (QED) is 0.644. The molecule has 2 saturated heterocycles. The van der Waals surface area contributed by atoms with Gasteiger partial charge in [-0.1, -0.05) is 24.3 Å². The van der Waals surface area contributed by atoms with Crippen molar-refractivity contribution in [2.45, 2.75) is 31.7 Å². The maximum atomic E-state index is 12.5. The van der Waals surface area contributed by atoms with Gasteiger partial charge in [0.1, 0.15) is 5.75 Å². The summed E-state index contributed by atoms with van der Waals surface area (Å²) in [6.45, 7) is 3.44. The Kier molecular flexibility index (Phi) is 7.22. The summed E-state index contributed by atoms with van der Waals surface area (Å²) in [5.74, 6) is 0.902. The molecule has 2 fully saturated rings. The number of hydrogen-bond acceptors (Lipinski definition) is 4. The number of anilines is 1. The van der Waals surface area contributed by atoms with Crippen LogP contribution < -0.4 is 15.0 Å². The highest BCUT2D eigenvalue weighted by atomic mass is 16.5. The lowest BCUT2D eigenvalue weighted by atomic mass is 10.1. The van der Waals surface area contributed by atoms with Crippen molar-refractivity contribution in [3.63, 3.8) is 0 Å². The van der Waals surface area contributed by atoms with Crippen LogP contribution in [-0.4, -0.2) is 50.0 Å². The third-order valence-electron chi connectivity index (χ3n) is 6.26. The van der Waals surface area contributed by atoms with Crippen LogP contribution in [0.1, 0.15) is 42.9 Å². The largest absolute Gasteiger partial charge is 0.497 e. The number of hydrogen-bond donors (Lipinski definition) is 1. The van der Waals surface area contributed by atoms with Gasteiger partial charge in [0.2, 0.25) is 11.8 Å². The van der Waals surface area contributed by atoms with Crippen molar-refractivity contribution >= 4 is 23.6 Å². The lowest BCUT2D eigenvalue weighted by Gasteiger charge is -2.28. The minimum absolute atomic E-state index is 0.110. The first kappa shape index (κ1) is 22.1. The summed E-state index contributed by atoms with van der Waals surface area (Å²) in [4.78, 5) is 28.6. The molecule has 168 valence electrons. The number of likely N-dealkylation sites (tertiary alicyclic amines) is 1. The predicted octanol–water partition coefficient (Wildman–Crippen LogP) is 3.79. The monoisotopic (exact) mass is 433 g/mol. The SMILES string of the molecule is COc1ccc(C(CNC(=O)/C=C/c2ccc(N3CCCC3=O)cc2)N2CCCC2)cc1. The second kappa shape index (κ2) is 10.5. The van der Waals surface area contributed by atoms with Crippen molar-refractivity contribution in [1.82, 2.24) is 10.2 Å². The van der Waals surface area contributed by atoms with E-state index < -0.39 is 0 Å². The molecule has 0 aromatic heterocycles. The Bertz CT molecular complexity index is 947. The number of methoxy groups -OCH3 is 1. The average Bonchev–Trinajstić information content (AvgIpc) is 3.51. The molecule has 32 heavy (non-hydrogen) atoms. The van der Waals surface area contributed by atoms with Gasteiger partial charge in [-0.05, 0) is 73.8 Å². The van der Waals surface area contributed by atoms with Crippen LogP contribution in [-0.2, 0) is 9.59 Å². The second-order valence-corrected chi connectivity index (χ2v) is 8.35. The Morgan fingerprint density at radius 3 is 2.38 bits per heavy atom. The van der Waals surface area contributed by atoms with Gasteiger partial charge in [0.25, 0.3) is 0 Å². The molecule has 0 spiro atoms. The smallest absolute Gasteiger partial charge is 0.244 e. The summed E-state index contributed by atoms with van der Waals surface area (Å²) < 4.78 is 5.28. The number of ether oxygens (including phenoxy) is 1. The number of rotatable bonds is 8. The highest BCUT2D eigenvalue weighted by Gasteiger charge is 2.24. The average molecular weight is 434 g/mol. The van der Waals surface area contributed by atoms with E-state index in [1.165, 1.54) is 18.4 Å². The lowest BCUT2D eigenvalue weighted by Crippen LogP contribution is -2.36. The van der Waals surface area contributed by atoms with E-state index in [2.05, 4.69) is 22.3 Å². The van der Waals surface area contributed by atoms with E-state index in [0.717, 1.165) is 43.1 Å². The molecule has 0 saturated carbocycles.